The average Bonchev–Trinajstić information content (AvgIpc) is 3.40. The predicted octanol–water partition coefficient (Wildman–Crippen LogP) is 2.01. The van der Waals surface area contributed by atoms with Crippen molar-refractivity contribution < 1.29 is 14.3 Å². The first kappa shape index (κ1) is 16.5. The minimum atomic E-state index is -0.275. The lowest BCUT2D eigenvalue weighted by atomic mass is 10.1. The van der Waals surface area contributed by atoms with Crippen LogP contribution < -0.4 is 10.6 Å². The molecule has 3 rings (SSSR count). The van der Waals surface area contributed by atoms with Gasteiger partial charge in [-0.05, 0) is 44.7 Å². The fourth-order valence-corrected chi connectivity index (χ4v) is 2.79. The van der Waals surface area contributed by atoms with E-state index >= 15 is 0 Å². The number of likely N-dealkylation sites (tertiary alicyclic amines) is 1. The number of hydrogen-bond acceptors (Lipinski definition) is 5. The number of carbonyl (C=O) groups excluding carboxylic acids is 2. The summed E-state index contributed by atoms with van der Waals surface area (Å²) in [5, 5.41) is 6.38. The summed E-state index contributed by atoms with van der Waals surface area (Å²) in [6, 6.07) is 4.27. The van der Waals surface area contributed by atoms with Crippen molar-refractivity contribution in [2.24, 2.45) is 0 Å². The van der Waals surface area contributed by atoms with Crippen LogP contribution in [0.1, 0.15) is 43.1 Å². The van der Waals surface area contributed by atoms with Crippen LogP contribution in [0, 0.1) is 0 Å². The molecule has 0 radical (unpaired) electrons. The maximum Gasteiger partial charge on any atom is 0.409 e. The Balaban J connectivity index is 1.49. The smallest absolute Gasteiger partial charge is 0.409 e. The number of nitrogens with one attached hydrogen (secondary N) is 2. The fourth-order valence-electron chi connectivity index (χ4n) is 2.79. The molecule has 0 spiro atoms. The highest BCUT2D eigenvalue weighted by Gasteiger charge is 2.25. The molecule has 1 aliphatic heterocycles. The standard InChI is InChI=1S/C17H24N4O3/c1-2-24-17(23)21-9-6-13(7-10-21)20-16(22)15-11-14(5-8-18-15)19-12-3-4-12/h5,8,11-13H,2-4,6-7,9-10H2,1H3,(H,18,19)(H,20,22). The molecule has 0 bridgehead atoms. The summed E-state index contributed by atoms with van der Waals surface area (Å²) in [6.45, 7) is 3.37. The highest BCUT2D eigenvalue weighted by Crippen LogP contribution is 2.24. The second-order valence-electron chi connectivity index (χ2n) is 6.28. The van der Waals surface area contributed by atoms with Crippen LogP contribution in [0.3, 0.4) is 0 Å². The molecular weight excluding hydrogens is 308 g/mol. The van der Waals surface area contributed by atoms with Crippen molar-refractivity contribution in [2.75, 3.05) is 25.0 Å². The van der Waals surface area contributed by atoms with Crippen LogP contribution in [-0.4, -0.2) is 53.7 Å². The van der Waals surface area contributed by atoms with Crippen molar-refractivity contribution in [2.45, 2.75) is 44.7 Å². The van der Waals surface area contributed by atoms with E-state index in [2.05, 4.69) is 15.6 Å². The fraction of sp³-hybridized carbons (Fsp3) is 0.588. The predicted molar refractivity (Wildman–Crippen MR) is 90.0 cm³/mol. The van der Waals surface area contributed by atoms with E-state index in [1.165, 1.54) is 12.8 Å². The van der Waals surface area contributed by atoms with Gasteiger partial charge in [-0.2, -0.15) is 0 Å². The van der Waals surface area contributed by atoms with E-state index in [1.807, 2.05) is 6.07 Å². The molecular formula is C17H24N4O3. The number of ether oxygens (including phenoxy) is 1. The molecule has 7 nitrogen and oxygen atoms in total. The maximum absolute atomic E-state index is 12.4. The van der Waals surface area contributed by atoms with Crippen LogP contribution in [0.15, 0.2) is 18.3 Å². The lowest BCUT2D eigenvalue weighted by Gasteiger charge is -2.31. The highest BCUT2D eigenvalue weighted by molar-refractivity contribution is 5.93. The molecule has 2 amide bonds. The number of piperidine rings is 1. The lowest BCUT2D eigenvalue weighted by molar-refractivity contribution is 0.0856. The Bertz CT molecular complexity index is 595. The number of amides is 2. The topological polar surface area (TPSA) is 83.6 Å². The number of nitrogens with zero attached hydrogens (tertiary/aromatic N) is 2. The van der Waals surface area contributed by atoms with Crippen molar-refractivity contribution in [3.63, 3.8) is 0 Å². The lowest BCUT2D eigenvalue weighted by Crippen LogP contribution is -2.46. The summed E-state index contributed by atoms with van der Waals surface area (Å²) in [5.41, 5.74) is 1.36. The van der Waals surface area contributed by atoms with E-state index in [0.29, 0.717) is 31.4 Å². The Morgan fingerprint density at radius 2 is 2.00 bits per heavy atom. The van der Waals surface area contributed by atoms with Crippen LogP contribution in [0.5, 0.6) is 0 Å². The first-order valence-corrected chi connectivity index (χ1v) is 8.61. The monoisotopic (exact) mass is 332 g/mol. The van der Waals surface area contributed by atoms with Gasteiger partial charge in [0.05, 0.1) is 6.61 Å². The molecule has 1 aromatic rings. The Kier molecular flexibility index (Phi) is 5.17. The van der Waals surface area contributed by atoms with E-state index in [-0.39, 0.29) is 18.0 Å². The van der Waals surface area contributed by atoms with Gasteiger partial charge in [0.2, 0.25) is 0 Å². The van der Waals surface area contributed by atoms with Gasteiger partial charge in [0.15, 0.2) is 0 Å². The largest absolute Gasteiger partial charge is 0.450 e. The van der Waals surface area contributed by atoms with Crippen molar-refractivity contribution in [3.05, 3.63) is 24.0 Å². The molecule has 0 atom stereocenters. The van der Waals surface area contributed by atoms with Crippen LogP contribution in [0.4, 0.5) is 10.5 Å². The summed E-state index contributed by atoms with van der Waals surface area (Å²) in [7, 11) is 0. The molecule has 130 valence electrons. The SMILES string of the molecule is CCOC(=O)N1CCC(NC(=O)c2cc(NC3CC3)ccn2)CC1. The van der Waals surface area contributed by atoms with Crippen molar-refractivity contribution in [3.8, 4) is 0 Å². The molecule has 7 heteroatoms. The van der Waals surface area contributed by atoms with E-state index in [0.717, 1.165) is 18.5 Å². The second-order valence-corrected chi connectivity index (χ2v) is 6.28. The number of anilines is 1. The maximum atomic E-state index is 12.4. The minimum Gasteiger partial charge on any atom is -0.450 e. The first-order chi connectivity index (χ1) is 11.7. The zero-order valence-corrected chi connectivity index (χ0v) is 14.0. The van der Waals surface area contributed by atoms with Gasteiger partial charge in [-0.3, -0.25) is 9.78 Å². The van der Waals surface area contributed by atoms with Crippen LogP contribution in [-0.2, 0) is 4.74 Å². The zero-order chi connectivity index (χ0) is 16.9. The number of carbonyl (C=O) groups is 2. The van der Waals surface area contributed by atoms with Crippen LogP contribution in [0.2, 0.25) is 0 Å². The van der Waals surface area contributed by atoms with Gasteiger partial charge in [-0.15, -0.1) is 0 Å². The highest BCUT2D eigenvalue weighted by atomic mass is 16.6. The molecule has 24 heavy (non-hydrogen) atoms. The van der Waals surface area contributed by atoms with Gasteiger partial charge < -0.3 is 20.3 Å². The van der Waals surface area contributed by atoms with Gasteiger partial charge in [-0.1, -0.05) is 0 Å². The van der Waals surface area contributed by atoms with Crippen LogP contribution in [0.25, 0.3) is 0 Å². The summed E-state index contributed by atoms with van der Waals surface area (Å²) in [4.78, 5) is 29.9. The summed E-state index contributed by atoms with van der Waals surface area (Å²) < 4.78 is 5.00. The van der Waals surface area contributed by atoms with Gasteiger partial charge in [0.1, 0.15) is 5.69 Å². The molecule has 1 aliphatic carbocycles. The molecule has 1 saturated heterocycles. The van der Waals surface area contributed by atoms with Gasteiger partial charge in [-0.25, -0.2) is 4.79 Å². The summed E-state index contributed by atoms with van der Waals surface area (Å²) in [6.07, 6.45) is 5.20. The molecule has 0 aromatic carbocycles. The molecule has 2 aliphatic rings. The average molecular weight is 332 g/mol. The third-order valence-electron chi connectivity index (χ3n) is 4.30. The normalized spacial score (nSPS) is 18.1. The van der Waals surface area contributed by atoms with E-state index in [1.54, 1.807) is 24.1 Å². The molecule has 2 heterocycles. The van der Waals surface area contributed by atoms with Gasteiger partial charge in [0, 0.05) is 37.1 Å². The van der Waals surface area contributed by atoms with Crippen molar-refractivity contribution in [1.29, 1.82) is 0 Å². The van der Waals surface area contributed by atoms with Gasteiger partial charge in [0.25, 0.3) is 5.91 Å². The molecule has 1 saturated carbocycles. The third kappa shape index (κ3) is 4.37. The van der Waals surface area contributed by atoms with E-state index in [4.69, 9.17) is 4.74 Å². The molecule has 2 N–H and O–H groups in total. The first-order valence-electron chi connectivity index (χ1n) is 8.61. The molecule has 1 aromatic heterocycles. The molecule has 2 fully saturated rings. The third-order valence-corrected chi connectivity index (χ3v) is 4.30. The van der Waals surface area contributed by atoms with Crippen molar-refractivity contribution >= 4 is 17.7 Å². The van der Waals surface area contributed by atoms with E-state index < -0.39 is 0 Å². The zero-order valence-electron chi connectivity index (χ0n) is 14.0. The Hall–Kier alpha value is -2.31. The number of hydrogen-bond donors (Lipinski definition) is 2. The Labute approximate surface area is 141 Å². The summed E-state index contributed by atoms with van der Waals surface area (Å²) in [5.74, 6) is -0.163. The Morgan fingerprint density at radius 1 is 1.25 bits per heavy atom. The number of rotatable bonds is 5. The minimum absolute atomic E-state index is 0.0602. The molecule has 0 unspecified atom stereocenters. The van der Waals surface area contributed by atoms with Crippen LogP contribution >= 0.6 is 0 Å². The summed E-state index contributed by atoms with van der Waals surface area (Å²) >= 11 is 0. The quantitative estimate of drug-likeness (QED) is 0.862. The second kappa shape index (κ2) is 7.51. The number of pyridine rings is 1. The Morgan fingerprint density at radius 3 is 2.67 bits per heavy atom. The number of aromatic nitrogens is 1. The van der Waals surface area contributed by atoms with Crippen molar-refractivity contribution in [1.82, 2.24) is 15.2 Å². The van der Waals surface area contributed by atoms with Gasteiger partial charge >= 0.3 is 6.09 Å². The van der Waals surface area contributed by atoms with E-state index in [9.17, 15) is 9.59 Å².